The first-order valence-electron chi connectivity index (χ1n) is 18.3. The lowest BCUT2D eigenvalue weighted by atomic mass is 10.1. The minimum Gasteiger partial charge on any atom is -0.497 e. The van der Waals surface area contributed by atoms with E-state index in [0.29, 0.717) is 85.4 Å². The van der Waals surface area contributed by atoms with E-state index in [9.17, 15) is 22.0 Å². The van der Waals surface area contributed by atoms with Crippen LogP contribution in [-0.2, 0) is 20.1 Å². The molecule has 13 nitrogen and oxygen atoms in total. The Kier molecular flexibility index (Phi) is 14.0. The molecule has 0 radical (unpaired) electrons. The van der Waals surface area contributed by atoms with Gasteiger partial charge in [-0.15, -0.1) is 0 Å². The van der Waals surface area contributed by atoms with E-state index in [2.05, 4.69) is 31.0 Å². The van der Waals surface area contributed by atoms with Gasteiger partial charge in [-0.2, -0.15) is 32.0 Å². The highest BCUT2D eigenvalue weighted by Crippen LogP contribution is 2.44. The molecule has 0 unspecified atom stereocenters. The molecule has 0 bridgehead atoms. The largest absolute Gasteiger partial charge is 0.497 e. The van der Waals surface area contributed by atoms with Gasteiger partial charge in [-0.3, -0.25) is 0 Å². The van der Waals surface area contributed by atoms with Crippen molar-refractivity contribution in [3.8, 4) is 28.8 Å². The fourth-order valence-electron chi connectivity index (χ4n) is 5.66. The molecule has 18 heteroatoms. The highest BCUT2D eigenvalue weighted by molar-refractivity contribution is 5.98. The molecule has 0 amide bonds. The molecule has 59 heavy (non-hydrogen) atoms. The summed E-state index contributed by atoms with van der Waals surface area (Å²) < 4.78 is 103. The summed E-state index contributed by atoms with van der Waals surface area (Å²) in [6.45, 7) is 4.34. The van der Waals surface area contributed by atoms with Gasteiger partial charge in [0.25, 0.3) is 0 Å². The quantitative estimate of drug-likeness (QED) is 0.0364. The zero-order valence-corrected chi connectivity index (χ0v) is 32.3. The summed E-state index contributed by atoms with van der Waals surface area (Å²) in [6, 6.07) is 25.0. The van der Waals surface area contributed by atoms with Crippen LogP contribution in [0.4, 0.5) is 45.1 Å². The number of rotatable bonds is 21. The zero-order chi connectivity index (χ0) is 41.8. The Hall–Kier alpha value is -6.24. The zero-order valence-electron chi connectivity index (χ0n) is 32.3. The first-order valence-corrected chi connectivity index (χ1v) is 18.3. The highest BCUT2D eigenvalue weighted by Gasteiger charge is 2.60. The van der Waals surface area contributed by atoms with E-state index in [1.165, 1.54) is 0 Å². The first-order chi connectivity index (χ1) is 28.4. The standard InChI is InChI=1S/C41H42F5N7O6/c1-27-8-10-29(11-9-27)53-37(25-36(52-53)40(42,43)41(44,45)46)49-26-48-34-12-13-35(33-7-5-4-6-32(33)34)59-38-14-15-47-39(51-38)50-28-22-30(55-3)24-31(23-28)58-21-20-57-19-18-56-17-16-54-2/h4-15,22-25,48-49H,16-21,26H2,1-3H3,(H,47,50,51). The number of aryl methyl sites for hydroxylation is 1. The van der Waals surface area contributed by atoms with Crippen LogP contribution in [-0.4, -0.2) is 86.5 Å². The fourth-order valence-corrected chi connectivity index (χ4v) is 5.66. The van der Waals surface area contributed by atoms with Crippen LogP contribution in [0.3, 0.4) is 0 Å². The summed E-state index contributed by atoms with van der Waals surface area (Å²) in [5, 5.41) is 14.3. The van der Waals surface area contributed by atoms with Crippen LogP contribution in [0.5, 0.6) is 23.1 Å². The summed E-state index contributed by atoms with van der Waals surface area (Å²) >= 11 is 0. The number of ether oxygens (including phenoxy) is 6. The lowest BCUT2D eigenvalue weighted by molar-refractivity contribution is -0.291. The number of hydrogen-bond acceptors (Lipinski definition) is 12. The van der Waals surface area contributed by atoms with E-state index >= 15 is 0 Å². The van der Waals surface area contributed by atoms with Gasteiger partial charge < -0.3 is 44.4 Å². The Morgan fingerprint density at radius 3 is 2.17 bits per heavy atom. The van der Waals surface area contributed by atoms with Crippen LogP contribution in [0, 0.1) is 6.92 Å². The van der Waals surface area contributed by atoms with E-state index in [-0.39, 0.29) is 24.3 Å². The summed E-state index contributed by atoms with van der Waals surface area (Å²) in [7, 11) is 3.16. The predicted octanol–water partition coefficient (Wildman–Crippen LogP) is 8.86. The third-order valence-electron chi connectivity index (χ3n) is 8.61. The number of hydrogen-bond donors (Lipinski definition) is 3. The maximum absolute atomic E-state index is 14.4. The number of fused-ring (bicyclic) bond motifs is 1. The smallest absolute Gasteiger partial charge is 0.459 e. The highest BCUT2D eigenvalue weighted by atomic mass is 19.4. The van der Waals surface area contributed by atoms with E-state index < -0.39 is 17.8 Å². The Morgan fingerprint density at radius 2 is 1.44 bits per heavy atom. The van der Waals surface area contributed by atoms with Gasteiger partial charge >= 0.3 is 12.1 Å². The lowest BCUT2D eigenvalue weighted by Crippen LogP contribution is -2.34. The van der Waals surface area contributed by atoms with Crippen LogP contribution < -0.4 is 30.2 Å². The van der Waals surface area contributed by atoms with E-state index in [1.807, 2.05) is 31.2 Å². The summed E-state index contributed by atoms with van der Waals surface area (Å²) in [4.78, 5) is 8.86. The van der Waals surface area contributed by atoms with Crippen molar-refractivity contribution >= 4 is 33.9 Å². The molecule has 6 aromatic rings. The number of benzene rings is 4. The Labute approximate surface area is 336 Å². The van der Waals surface area contributed by atoms with Crippen molar-refractivity contribution < 1.29 is 50.4 Å². The summed E-state index contributed by atoms with van der Waals surface area (Å²) in [5.74, 6) is -3.19. The molecule has 6 rings (SSSR count). The molecular weight excluding hydrogens is 781 g/mol. The molecule has 2 aromatic heterocycles. The average molecular weight is 824 g/mol. The second kappa shape index (κ2) is 19.5. The Balaban J connectivity index is 1.11. The molecule has 0 aliphatic carbocycles. The summed E-state index contributed by atoms with van der Waals surface area (Å²) in [5.41, 5.74) is 0.970. The molecule has 0 fully saturated rings. The van der Waals surface area contributed by atoms with Crippen molar-refractivity contribution in [1.29, 1.82) is 0 Å². The van der Waals surface area contributed by atoms with Gasteiger partial charge in [0.2, 0.25) is 11.8 Å². The molecule has 0 aliphatic rings. The lowest BCUT2D eigenvalue weighted by Gasteiger charge is -2.16. The van der Waals surface area contributed by atoms with E-state index in [4.69, 9.17) is 28.4 Å². The fraction of sp³-hybridized carbons (Fsp3) is 0.293. The van der Waals surface area contributed by atoms with Crippen molar-refractivity contribution in [2.24, 2.45) is 0 Å². The second-order valence-electron chi connectivity index (χ2n) is 12.8. The van der Waals surface area contributed by atoms with Crippen LogP contribution in [0.1, 0.15) is 11.3 Å². The normalized spacial score (nSPS) is 11.7. The molecule has 2 heterocycles. The van der Waals surface area contributed by atoms with Gasteiger partial charge in [0.15, 0.2) is 0 Å². The molecular formula is C41H42F5N7O6. The van der Waals surface area contributed by atoms with Gasteiger partial charge in [0.05, 0.1) is 52.5 Å². The van der Waals surface area contributed by atoms with Gasteiger partial charge in [0.1, 0.15) is 35.4 Å². The molecule has 312 valence electrons. The molecule has 4 aromatic carbocycles. The van der Waals surface area contributed by atoms with Gasteiger partial charge in [0, 0.05) is 65.8 Å². The molecule has 0 aliphatic heterocycles. The number of anilines is 4. The summed E-state index contributed by atoms with van der Waals surface area (Å²) in [6.07, 6.45) is -4.28. The van der Waals surface area contributed by atoms with Crippen molar-refractivity contribution in [3.63, 3.8) is 0 Å². The minimum atomic E-state index is -5.82. The molecule has 0 saturated carbocycles. The number of methoxy groups -OCH3 is 2. The van der Waals surface area contributed by atoms with Crippen LogP contribution in [0.15, 0.2) is 97.2 Å². The van der Waals surface area contributed by atoms with E-state index in [1.54, 1.807) is 81.1 Å². The van der Waals surface area contributed by atoms with Gasteiger partial charge in [-0.05, 0) is 31.2 Å². The minimum absolute atomic E-state index is 0.0599. The monoisotopic (exact) mass is 823 g/mol. The predicted molar refractivity (Wildman–Crippen MR) is 212 cm³/mol. The molecule has 0 atom stereocenters. The Bertz CT molecular complexity index is 2290. The third-order valence-corrected chi connectivity index (χ3v) is 8.61. The van der Waals surface area contributed by atoms with Crippen LogP contribution in [0.2, 0.25) is 0 Å². The number of nitrogens with one attached hydrogen (secondary N) is 3. The van der Waals surface area contributed by atoms with Crippen LogP contribution in [0.25, 0.3) is 16.5 Å². The maximum atomic E-state index is 14.4. The second-order valence-corrected chi connectivity index (χ2v) is 12.8. The molecule has 0 spiro atoms. The van der Waals surface area contributed by atoms with Crippen molar-refractivity contribution in [3.05, 3.63) is 108 Å². The van der Waals surface area contributed by atoms with Crippen LogP contribution >= 0.6 is 0 Å². The topological polar surface area (TPSA) is 135 Å². The SMILES string of the molecule is COCCOCCOCCOc1cc(Nc2nccc(Oc3ccc(NCNc4cc(C(F)(F)C(F)(F)F)nn4-c4ccc(C)cc4)c4ccccc34)n2)cc(OC)c1. The third kappa shape index (κ3) is 11.0. The average Bonchev–Trinajstić information content (AvgIpc) is 3.66. The number of halogens is 5. The van der Waals surface area contributed by atoms with E-state index in [0.717, 1.165) is 15.6 Å². The Morgan fingerprint density at radius 1 is 0.729 bits per heavy atom. The van der Waals surface area contributed by atoms with Gasteiger partial charge in [-0.25, -0.2) is 9.67 Å². The van der Waals surface area contributed by atoms with Crippen molar-refractivity contribution in [1.82, 2.24) is 19.7 Å². The van der Waals surface area contributed by atoms with Crippen molar-refractivity contribution in [2.45, 2.75) is 19.0 Å². The number of nitrogens with zero attached hydrogens (tertiary/aromatic N) is 4. The number of alkyl halides is 5. The molecule has 0 saturated heterocycles. The van der Waals surface area contributed by atoms with Gasteiger partial charge in [-0.1, -0.05) is 42.0 Å². The first kappa shape index (κ1) is 42.4. The molecule has 3 N–H and O–H groups in total. The maximum Gasteiger partial charge on any atom is 0.459 e. The number of aromatic nitrogens is 4. The van der Waals surface area contributed by atoms with Crippen molar-refractivity contribution in [2.75, 3.05) is 76.5 Å².